The van der Waals surface area contributed by atoms with Crippen LogP contribution < -0.4 is 4.43 Å². The molecule has 0 aliphatic heterocycles. The van der Waals surface area contributed by atoms with Crippen molar-refractivity contribution in [1.82, 2.24) is 0 Å². The molecule has 0 fully saturated rings. The Morgan fingerprint density at radius 2 is 1.27 bits per heavy atom. The first-order valence-electron chi connectivity index (χ1n) is 17.0. The van der Waals surface area contributed by atoms with Crippen molar-refractivity contribution in [2.75, 3.05) is 0 Å². The molecule has 1 nitrogen and oxygen atoms in total. The van der Waals surface area contributed by atoms with Crippen LogP contribution >= 0.6 is 0 Å². The third kappa shape index (κ3) is 9.29. The third-order valence-electron chi connectivity index (χ3n) is 10.4. The Morgan fingerprint density at radius 3 is 1.80 bits per heavy atom. The van der Waals surface area contributed by atoms with Gasteiger partial charge in [0.1, 0.15) is 11.6 Å². The molecule has 0 saturated carbocycles. The summed E-state index contributed by atoms with van der Waals surface area (Å²) in [6.07, 6.45) is 9.54. The van der Waals surface area contributed by atoms with E-state index in [1.807, 2.05) is 18.2 Å². The van der Waals surface area contributed by atoms with E-state index in [-0.39, 0.29) is 5.82 Å². The van der Waals surface area contributed by atoms with Gasteiger partial charge in [0.25, 0.3) is 8.32 Å². The molecule has 0 N–H and O–H groups in total. The molecule has 227 valence electrons. The van der Waals surface area contributed by atoms with Gasteiger partial charge in [0, 0.05) is 10.8 Å². The Bertz CT molecular complexity index is 964. The van der Waals surface area contributed by atoms with E-state index in [0.29, 0.717) is 10.9 Å². The predicted octanol–water partition coefficient (Wildman–Crippen LogP) is 12.8. The average Bonchev–Trinajstić information content (AvgIpc) is 2.94. The Morgan fingerprint density at radius 1 is 0.700 bits per heavy atom. The van der Waals surface area contributed by atoms with Gasteiger partial charge < -0.3 is 4.43 Å². The minimum Gasteiger partial charge on any atom is -0.543 e. The molecule has 1 unspecified atom stereocenters. The molecule has 0 bridgehead atoms. The second-order valence-electron chi connectivity index (χ2n) is 13.2. The van der Waals surface area contributed by atoms with E-state index in [2.05, 4.69) is 67.5 Å². The van der Waals surface area contributed by atoms with Gasteiger partial charge in [-0.15, -0.1) is 0 Å². The third-order valence-corrected chi connectivity index (χ3v) is 30.4. The van der Waals surface area contributed by atoms with Crippen LogP contribution in [0.15, 0.2) is 30.3 Å². The standard InChI is InChI=1S/C35H62FOSi3/c1-9-25-39(26-10-2,27-11-3)28-17-15-16-18-29-40(31(7)8,30-38(12-4,13-5)14-6)37-35-24-20-21-32-33(35)22-19-23-34(32)36/h20-24,31H,9-18,25-30H2,1-8H3. The highest BCUT2D eigenvalue weighted by atomic mass is 28.4. The number of halogens is 1. The van der Waals surface area contributed by atoms with Gasteiger partial charge >= 0.3 is 0 Å². The van der Waals surface area contributed by atoms with Crippen molar-refractivity contribution in [3.63, 3.8) is 0 Å². The second-order valence-corrected chi connectivity index (χ2v) is 28.8. The monoisotopic (exact) mass is 601 g/mol. The minimum atomic E-state index is -2.15. The predicted molar refractivity (Wildman–Crippen MR) is 185 cm³/mol. The molecular formula is C35H62FOSi3. The summed E-state index contributed by atoms with van der Waals surface area (Å²) in [5.74, 6) is 0.697. The SMILES string of the molecule is CCC[Si](CCC)(CCC)CCCCCC[Si](C[Si](CC)(CC)CC)(Oc1cccc2c(F)c[c]cc12)C(C)C. The molecule has 0 heterocycles. The summed E-state index contributed by atoms with van der Waals surface area (Å²) < 4.78 is 22.0. The molecule has 0 amide bonds. The van der Waals surface area contributed by atoms with E-state index in [0.717, 1.165) is 11.1 Å². The molecule has 0 aliphatic rings. The Hall–Kier alpha value is -0.919. The molecule has 1 radical (unpaired) electrons. The first-order valence-corrected chi connectivity index (χ1v) is 25.0. The zero-order valence-corrected chi connectivity index (χ0v) is 30.6. The number of hydrogen-bond acceptors (Lipinski definition) is 1. The van der Waals surface area contributed by atoms with Crippen LogP contribution in [-0.2, 0) is 0 Å². The molecule has 0 aromatic heterocycles. The highest BCUT2D eigenvalue weighted by molar-refractivity contribution is 6.95. The van der Waals surface area contributed by atoms with Gasteiger partial charge in [0.05, 0.1) is 16.1 Å². The van der Waals surface area contributed by atoms with Crippen LogP contribution in [0, 0.1) is 11.9 Å². The molecular weight excluding hydrogens is 540 g/mol. The maximum Gasteiger partial charge on any atom is 0.251 e. The van der Waals surface area contributed by atoms with Gasteiger partial charge in [0.2, 0.25) is 0 Å². The molecule has 40 heavy (non-hydrogen) atoms. The fraction of sp³-hybridized carbons (Fsp3) is 0.714. The molecule has 2 aromatic rings. The summed E-state index contributed by atoms with van der Waals surface area (Å²) in [7, 11) is -4.65. The summed E-state index contributed by atoms with van der Waals surface area (Å²) in [5.41, 5.74) is 1.87. The van der Waals surface area contributed by atoms with E-state index < -0.39 is 24.5 Å². The highest BCUT2D eigenvalue weighted by Crippen LogP contribution is 2.42. The Kier molecular flexibility index (Phi) is 15.2. The molecule has 2 aromatic carbocycles. The fourth-order valence-corrected chi connectivity index (χ4v) is 27.9. The van der Waals surface area contributed by atoms with Crippen LogP contribution in [0.2, 0.25) is 59.6 Å². The van der Waals surface area contributed by atoms with Crippen molar-refractivity contribution < 1.29 is 8.82 Å². The molecule has 5 heteroatoms. The summed E-state index contributed by atoms with van der Waals surface area (Å²) in [5, 5.41) is 1.55. The summed E-state index contributed by atoms with van der Waals surface area (Å²) >= 11 is 0. The topological polar surface area (TPSA) is 9.23 Å². The van der Waals surface area contributed by atoms with Crippen molar-refractivity contribution >= 4 is 35.2 Å². The molecule has 0 saturated heterocycles. The van der Waals surface area contributed by atoms with Gasteiger partial charge in [-0.25, -0.2) is 4.39 Å². The lowest BCUT2D eigenvalue weighted by Gasteiger charge is -2.43. The van der Waals surface area contributed by atoms with Gasteiger partial charge in [-0.05, 0) is 41.5 Å². The summed E-state index contributed by atoms with van der Waals surface area (Å²) in [6, 6.07) is 23.7. The summed E-state index contributed by atoms with van der Waals surface area (Å²) in [4.78, 5) is 0. The molecule has 0 aliphatic carbocycles. The lowest BCUT2D eigenvalue weighted by atomic mass is 10.1. The number of fused-ring (bicyclic) bond motifs is 1. The Labute approximate surface area is 251 Å². The zero-order valence-electron chi connectivity index (χ0n) is 27.6. The van der Waals surface area contributed by atoms with Crippen molar-refractivity contribution in [3.8, 4) is 5.75 Å². The van der Waals surface area contributed by atoms with Gasteiger partial charge in [-0.3, -0.25) is 0 Å². The lowest BCUT2D eigenvalue weighted by Crippen LogP contribution is -2.53. The highest BCUT2D eigenvalue weighted by Gasteiger charge is 2.47. The van der Waals surface area contributed by atoms with Crippen molar-refractivity contribution in [2.45, 2.75) is 160 Å². The maximum atomic E-state index is 14.7. The van der Waals surface area contributed by atoms with E-state index in [1.165, 1.54) is 99.0 Å². The quantitative estimate of drug-likeness (QED) is 0.102. The van der Waals surface area contributed by atoms with E-state index in [1.54, 1.807) is 6.04 Å². The number of unbranched alkanes of at least 4 members (excludes halogenated alkanes) is 3. The van der Waals surface area contributed by atoms with Crippen LogP contribution in [0.1, 0.15) is 100 Å². The van der Waals surface area contributed by atoms with E-state index in [4.69, 9.17) is 4.43 Å². The number of hydrogen-bond donors (Lipinski definition) is 0. The maximum absolute atomic E-state index is 14.7. The van der Waals surface area contributed by atoms with Crippen LogP contribution in [0.5, 0.6) is 5.75 Å². The van der Waals surface area contributed by atoms with E-state index >= 15 is 0 Å². The number of benzene rings is 2. The zero-order chi connectivity index (χ0) is 29.7. The van der Waals surface area contributed by atoms with Crippen LogP contribution in [0.4, 0.5) is 4.39 Å². The summed E-state index contributed by atoms with van der Waals surface area (Å²) in [6.45, 7) is 19.3. The molecule has 2 rings (SSSR count). The largest absolute Gasteiger partial charge is 0.543 e. The average molecular weight is 602 g/mol. The minimum absolute atomic E-state index is 0.201. The lowest BCUT2D eigenvalue weighted by molar-refractivity contribution is 0.514. The smallest absolute Gasteiger partial charge is 0.251 e. The Balaban J connectivity index is 2.25. The van der Waals surface area contributed by atoms with Crippen LogP contribution in [-0.4, -0.2) is 24.5 Å². The fourth-order valence-electron chi connectivity index (χ4n) is 7.65. The van der Waals surface area contributed by atoms with Gasteiger partial charge in [-0.2, -0.15) is 0 Å². The van der Waals surface area contributed by atoms with Crippen molar-refractivity contribution in [1.29, 1.82) is 0 Å². The molecule has 1 atom stereocenters. The van der Waals surface area contributed by atoms with Gasteiger partial charge in [0.15, 0.2) is 0 Å². The molecule has 0 spiro atoms. The van der Waals surface area contributed by atoms with Crippen molar-refractivity contribution in [2.24, 2.45) is 0 Å². The van der Waals surface area contributed by atoms with Crippen LogP contribution in [0.3, 0.4) is 0 Å². The second kappa shape index (κ2) is 17.3. The normalized spacial score (nSPS) is 14.2. The first-order chi connectivity index (χ1) is 19.2. The van der Waals surface area contributed by atoms with E-state index in [9.17, 15) is 4.39 Å². The first kappa shape index (κ1) is 35.3. The number of rotatable bonds is 21. The van der Waals surface area contributed by atoms with Gasteiger partial charge in [-0.1, -0.05) is 155 Å². The van der Waals surface area contributed by atoms with Crippen molar-refractivity contribution in [3.05, 3.63) is 42.2 Å². The van der Waals surface area contributed by atoms with Crippen LogP contribution in [0.25, 0.3) is 10.8 Å².